The molecule has 12 heavy (non-hydrogen) atoms. The third kappa shape index (κ3) is 2.35. The van der Waals surface area contributed by atoms with Crippen LogP contribution in [-0.2, 0) is 9.53 Å². The van der Waals surface area contributed by atoms with Gasteiger partial charge in [0, 0.05) is 19.4 Å². The Hall–Kier alpha value is -0.280. The molecule has 0 aromatic heterocycles. The summed E-state index contributed by atoms with van der Waals surface area (Å²) in [5, 5.41) is 2.87. The number of nitrogens with one attached hydrogen (secondary N) is 1. The number of rotatable bonds is 4. The molecule has 0 radical (unpaired) electrons. The zero-order valence-electron chi connectivity index (χ0n) is 7.18. The van der Waals surface area contributed by atoms with Crippen molar-refractivity contribution in [1.82, 2.24) is 5.32 Å². The van der Waals surface area contributed by atoms with Gasteiger partial charge < -0.3 is 10.1 Å². The third-order valence-electron chi connectivity index (χ3n) is 2.18. The van der Waals surface area contributed by atoms with Gasteiger partial charge in [-0.05, 0) is 12.8 Å². The van der Waals surface area contributed by atoms with Gasteiger partial charge in [-0.15, -0.1) is 11.6 Å². The second-order valence-corrected chi connectivity index (χ2v) is 3.34. The van der Waals surface area contributed by atoms with E-state index in [1.165, 1.54) is 0 Å². The van der Waals surface area contributed by atoms with Crippen LogP contribution in [0.15, 0.2) is 0 Å². The maximum absolute atomic E-state index is 11.1. The van der Waals surface area contributed by atoms with Gasteiger partial charge >= 0.3 is 0 Å². The molecule has 1 aliphatic carbocycles. The molecule has 0 saturated heterocycles. The van der Waals surface area contributed by atoms with Gasteiger partial charge in [-0.25, -0.2) is 0 Å². The number of carbonyl (C=O) groups excluding carboxylic acids is 1. The Balaban J connectivity index is 2.18. The monoisotopic (exact) mass is 191 g/mol. The lowest BCUT2D eigenvalue weighted by atomic mass is 9.89. The fourth-order valence-corrected chi connectivity index (χ4v) is 1.45. The standard InChI is InChI=1S/C8H14ClNO2/c1-12-7-3-2-6(7)10-8(11)4-5-9/h6-7H,2-5H2,1H3,(H,10,11). The number of methoxy groups -OCH3 is 1. The Bertz CT molecular complexity index is 161. The molecule has 1 amide bonds. The van der Waals surface area contributed by atoms with E-state index in [0.29, 0.717) is 12.3 Å². The summed E-state index contributed by atoms with van der Waals surface area (Å²) in [6.45, 7) is 0. The average Bonchev–Trinajstić information content (AvgIpc) is 2.00. The Morgan fingerprint density at radius 1 is 1.67 bits per heavy atom. The molecule has 3 nitrogen and oxygen atoms in total. The number of amides is 1. The summed E-state index contributed by atoms with van der Waals surface area (Å²) < 4.78 is 5.13. The Morgan fingerprint density at radius 3 is 2.83 bits per heavy atom. The molecule has 1 saturated carbocycles. The molecule has 1 rings (SSSR count). The van der Waals surface area contributed by atoms with E-state index >= 15 is 0 Å². The van der Waals surface area contributed by atoms with Crippen LogP contribution in [-0.4, -0.2) is 31.0 Å². The second kappa shape index (κ2) is 4.67. The van der Waals surface area contributed by atoms with Crippen LogP contribution in [0.1, 0.15) is 19.3 Å². The molecule has 2 atom stereocenters. The molecule has 1 aliphatic rings. The van der Waals surface area contributed by atoms with Crippen LogP contribution in [0.2, 0.25) is 0 Å². The molecular formula is C8H14ClNO2. The first-order chi connectivity index (χ1) is 5.77. The smallest absolute Gasteiger partial charge is 0.221 e. The molecule has 1 fully saturated rings. The highest BCUT2D eigenvalue weighted by Crippen LogP contribution is 2.22. The van der Waals surface area contributed by atoms with Gasteiger partial charge in [0.1, 0.15) is 0 Å². The summed E-state index contributed by atoms with van der Waals surface area (Å²) >= 11 is 5.42. The maximum atomic E-state index is 11.1. The molecule has 0 aromatic carbocycles. The SMILES string of the molecule is COC1CCC1NC(=O)CCCl. The lowest BCUT2D eigenvalue weighted by molar-refractivity contribution is -0.124. The van der Waals surface area contributed by atoms with E-state index in [0.717, 1.165) is 12.8 Å². The summed E-state index contributed by atoms with van der Waals surface area (Å²) in [4.78, 5) is 11.1. The van der Waals surface area contributed by atoms with E-state index in [2.05, 4.69) is 5.32 Å². The quantitative estimate of drug-likeness (QED) is 0.671. The topological polar surface area (TPSA) is 38.3 Å². The maximum Gasteiger partial charge on any atom is 0.221 e. The normalized spacial score (nSPS) is 27.8. The van der Waals surface area contributed by atoms with Gasteiger partial charge in [0.05, 0.1) is 12.1 Å². The summed E-state index contributed by atoms with van der Waals surface area (Å²) in [5.74, 6) is 0.410. The molecule has 70 valence electrons. The van der Waals surface area contributed by atoms with Crippen molar-refractivity contribution in [2.24, 2.45) is 0 Å². The molecule has 0 bridgehead atoms. The summed E-state index contributed by atoms with van der Waals surface area (Å²) in [7, 11) is 1.67. The van der Waals surface area contributed by atoms with Gasteiger partial charge in [0.15, 0.2) is 0 Å². The van der Waals surface area contributed by atoms with Crippen LogP contribution < -0.4 is 5.32 Å². The molecule has 4 heteroatoms. The first-order valence-electron chi connectivity index (χ1n) is 4.16. The number of halogens is 1. The van der Waals surface area contributed by atoms with Crippen molar-refractivity contribution >= 4 is 17.5 Å². The highest BCUT2D eigenvalue weighted by Gasteiger charge is 2.31. The van der Waals surface area contributed by atoms with Crippen LogP contribution >= 0.6 is 11.6 Å². The molecule has 0 spiro atoms. The van der Waals surface area contributed by atoms with Gasteiger partial charge in [0.2, 0.25) is 5.91 Å². The average molecular weight is 192 g/mol. The Morgan fingerprint density at radius 2 is 2.42 bits per heavy atom. The van der Waals surface area contributed by atoms with Crippen molar-refractivity contribution < 1.29 is 9.53 Å². The number of ether oxygens (including phenoxy) is 1. The van der Waals surface area contributed by atoms with Crippen LogP contribution in [0, 0.1) is 0 Å². The lowest BCUT2D eigenvalue weighted by Crippen LogP contribution is -2.51. The fourth-order valence-electron chi connectivity index (χ4n) is 1.28. The minimum absolute atomic E-state index is 0.0248. The second-order valence-electron chi connectivity index (χ2n) is 2.96. The minimum Gasteiger partial charge on any atom is -0.379 e. The van der Waals surface area contributed by atoms with E-state index < -0.39 is 0 Å². The van der Waals surface area contributed by atoms with Crippen molar-refractivity contribution in [2.45, 2.75) is 31.4 Å². The predicted octanol–water partition coefficient (Wildman–Crippen LogP) is 0.909. The van der Waals surface area contributed by atoms with Gasteiger partial charge in [-0.2, -0.15) is 0 Å². The van der Waals surface area contributed by atoms with E-state index in [4.69, 9.17) is 16.3 Å². The van der Waals surface area contributed by atoms with Gasteiger partial charge in [-0.1, -0.05) is 0 Å². The number of alkyl halides is 1. The summed E-state index contributed by atoms with van der Waals surface area (Å²) in [6.07, 6.45) is 2.67. The first-order valence-corrected chi connectivity index (χ1v) is 4.69. The Labute approximate surface area is 77.4 Å². The molecule has 0 heterocycles. The lowest BCUT2D eigenvalue weighted by Gasteiger charge is -2.35. The number of hydrogen-bond acceptors (Lipinski definition) is 2. The molecular weight excluding hydrogens is 178 g/mol. The fraction of sp³-hybridized carbons (Fsp3) is 0.875. The van der Waals surface area contributed by atoms with Crippen molar-refractivity contribution in [3.8, 4) is 0 Å². The van der Waals surface area contributed by atoms with Crippen LogP contribution in [0.5, 0.6) is 0 Å². The zero-order valence-corrected chi connectivity index (χ0v) is 7.93. The zero-order chi connectivity index (χ0) is 8.97. The summed E-state index contributed by atoms with van der Waals surface area (Å²) in [5.41, 5.74) is 0. The number of hydrogen-bond donors (Lipinski definition) is 1. The van der Waals surface area contributed by atoms with Crippen molar-refractivity contribution in [3.05, 3.63) is 0 Å². The van der Waals surface area contributed by atoms with Crippen molar-refractivity contribution in [1.29, 1.82) is 0 Å². The van der Waals surface area contributed by atoms with Gasteiger partial charge in [-0.3, -0.25) is 4.79 Å². The van der Waals surface area contributed by atoms with Crippen molar-refractivity contribution in [3.63, 3.8) is 0 Å². The molecule has 1 N–H and O–H groups in total. The summed E-state index contributed by atoms with van der Waals surface area (Å²) in [6, 6.07) is 0.214. The van der Waals surface area contributed by atoms with E-state index in [1.807, 2.05) is 0 Å². The first kappa shape index (κ1) is 9.81. The highest BCUT2D eigenvalue weighted by molar-refractivity contribution is 6.18. The van der Waals surface area contributed by atoms with Crippen LogP contribution in [0.25, 0.3) is 0 Å². The van der Waals surface area contributed by atoms with Crippen LogP contribution in [0.4, 0.5) is 0 Å². The highest BCUT2D eigenvalue weighted by atomic mass is 35.5. The molecule has 0 aliphatic heterocycles. The van der Waals surface area contributed by atoms with E-state index in [9.17, 15) is 4.79 Å². The van der Waals surface area contributed by atoms with Gasteiger partial charge in [0.25, 0.3) is 0 Å². The Kier molecular flexibility index (Phi) is 3.82. The van der Waals surface area contributed by atoms with E-state index in [1.54, 1.807) is 7.11 Å². The minimum atomic E-state index is 0.0248. The third-order valence-corrected chi connectivity index (χ3v) is 2.37. The number of carbonyl (C=O) groups is 1. The largest absolute Gasteiger partial charge is 0.379 e. The molecule has 2 unspecified atom stereocenters. The van der Waals surface area contributed by atoms with Crippen molar-refractivity contribution in [2.75, 3.05) is 13.0 Å². The van der Waals surface area contributed by atoms with Crippen LogP contribution in [0.3, 0.4) is 0 Å². The molecule has 0 aromatic rings. The van der Waals surface area contributed by atoms with E-state index in [-0.39, 0.29) is 18.1 Å². The predicted molar refractivity (Wildman–Crippen MR) is 47.3 cm³/mol.